The number of pyridine rings is 1. The second kappa shape index (κ2) is 8.72. The minimum absolute atomic E-state index is 0.123. The lowest BCUT2D eigenvalue weighted by Crippen LogP contribution is -2.53. The van der Waals surface area contributed by atoms with E-state index in [0.29, 0.717) is 22.7 Å². The second-order valence-corrected chi connectivity index (χ2v) is 11.8. The van der Waals surface area contributed by atoms with Gasteiger partial charge in [-0.2, -0.15) is 0 Å². The first-order valence-electron chi connectivity index (χ1n) is 10.2. The van der Waals surface area contributed by atoms with Gasteiger partial charge in [0.25, 0.3) is 0 Å². The fourth-order valence-electron chi connectivity index (χ4n) is 3.86. The highest BCUT2D eigenvalue weighted by Gasteiger charge is 2.45. The van der Waals surface area contributed by atoms with Gasteiger partial charge in [-0.05, 0) is 66.5 Å². The first kappa shape index (κ1) is 23.7. The lowest BCUT2D eigenvalue weighted by atomic mass is 9.90. The van der Waals surface area contributed by atoms with E-state index in [2.05, 4.69) is 35.4 Å². The molecule has 3 heterocycles. The lowest BCUT2D eigenvalue weighted by molar-refractivity contribution is 0.329. The summed E-state index contributed by atoms with van der Waals surface area (Å²) in [6.07, 6.45) is 1.68. The van der Waals surface area contributed by atoms with Crippen LogP contribution in [0, 0.1) is 12.7 Å². The molecule has 0 aliphatic carbocycles. The van der Waals surface area contributed by atoms with E-state index in [9.17, 15) is 4.39 Å². The molecule has 0 bridgehead atoms. The van der Waals surface area contributed by atoms with Gasteiger partial charge in [-0.1, -0.05) is 15.8 Å². The zero-order chi connectivity index (χ0) is 24.0. The van der Waals surface area contributed by atoms with Gasteiger partial charge in [-0.25, -0.2) is 8.78 Å². The summed E-state index contributed by atoms with van der Waals surface area (Å²) < 4.78 is 39.9. The van der Waals surface area contributed by atoms with Gasteiger partial charge in [0.1, 0.15) is 29.6 Å². The molecule has 4 rings (SSSR count). The highest BCUT2D eigenvalue weighted by atomic mass is 79.9. The van der Waals surface area contributed by atoms with Crippen molar-refractivity contribution >= 4 is 32.5 Å². The maximum Gasteiger partial charge on any atom is 0.167 e. The van der Waals surface area contributed by atoms with Crippen molar-refractivity contribution in [2.24, 2.45) is 15.1 Å². The molecule has 0 spiro atoms. The van der Waals surface area contributed by atoms with Crippen molar-refractivity contribution < 1.29 is 13.3 Å². The minimum atomic E-state index is -1.45. The Hall–Kier alpha value is -2.46. The molecule has 10 heteroatoms. The number of halogens is 3. The van der Waals surface area contributed by atoms with Crippen molar-refractivity contribution in [2.75, 3.05) is 19.5 Å². The van der Waals surface area contributed by atoms with Crippen LogP contribution in [-0.2, 0) is 16.2 Å². The van der Waals surface area contributed by atoms with E-state index in [1.165, 1.54) is 6.07 Å². The molecule has 2 N–H and O–H groups in total. The maximum absolute atomic E-state index is 15.0. The highest BCUT2D eigenvalue weighted by molar-refractivity contribution is 9.10. The summed E-state index contributed by atoms with van der Waals surface area (Å²) in [5, 5.41) is 4.13. The van der Waals surface area contributed by atoms with Gasteiger partial charge in [-0.3, -0.25) is 14.3 Å². The van der Waals surface area contributed by atoms with Gasteiger partial charge < -0.3 is 10.3 Å². The number of rotatable bonds is 4. The van der Waals surface area contributed by atoms with Crippen molar-refractivity contribution in [3.63, 3.8) is 0 Å². The zero-order valence-corrected chi connectivity index (χ0v) is 21.1. The molecule has 3 aromatic rings. The zero-order valence-electron chi connectivity index (χ0n) is 18.7. The largest absolute Gasteiger partial charge is 0.386 e. The third-order valence-corrected chi connectivity index (χ3v) is 8.92. The number of hydrogen-bond donors (Lipinski definition) is 1. The minimum Gasteiger partial charge on any atom is -0.386 e. The van der Waals surface area contributed by atoms with Crippen LogP contribution >= 0.6 is 15.9 Å². The molecule has 1 aromatic carbocycles. The van der Waals surface area contributed by atoms with E-state index in [-0.39, 0.29) is 17.2 Å². The number of aryl methyl sites for hydroxylation is 1. The second-order valence-electron chi connectivity index (χ2n) is 8.45. The molecule has 0 saturated carbocycles. The van der Waals surface area contributed by atoms with Crippen LogP contribution in [0.25, 0.3) is 22.7 Å². The standard InChI is InChI=1S/C23H24BrF2N5OS/c1-13-7-15(24)10-29-20(13)18-9-19(32-31-18)14-5-6-17(26)16(8-14)23(11-25)12-33(28-4)22(2,3)21(27)30-23/h5-10H,11-12H2,1-4H3,(H2,27,30)/t23-,33?/m0/s1. The Morgan fingerprint density at radius 2 is 2.03 bits per heavy atom. The molecular formula is C23H24BrF2N5OS. The van der Waals surface area contributed by atoms with E-state index in [1.807, 2.05) is 26.8 Å². The van der Waals surface area contributed by atoms with Crippen LogP contribution in [0.15, 0.2) is 54.9 Å². The number of benzene rings is 1. The van der Waals surface area contributed by atoms with Gasteiger partial charge in [0.2, 0.25) is 0 Å². The normalized spacial score (nSPS) is 22.4. The Kier molecular flexibility index (Phi) is 6.26. The van der Waals surface area contributed by atoms with Crippen LogP contribution in [0.4, 0.5) is 8.78 Å². The van der Waals surface area contributed by atoms with Crippen LogP contribution in [0.5, 0.6) is 0 Å². The molecule has 2 aromatic heterocycles. The topological polar surface area (TPSA) is 89.7 Å². The average molecular weight is 536 g/mol. The van der Waals surface area contributed by atoms with Crippen molar-refractivity contribution in [1.82, 2.24) is 10.1 Å². The van der Waals surface area contributed by atoms with Crippen molar-refractivity contribution in [2.45, 2.75) is 31.1 Å². The first-order valence-corrected chi connectivity index (χ1v) is 12.4. The maximum atomic E-state index is 15.0. The van der Waals surface area contributed by atoms with Gasteiger partial charge in [0.05, 0.1) is 10.4 Å². The molecule has 1 unspecified atom stereocenters. The smallest absolute Gasteiger partial charge is 0.167 e. The number of alkyl halides is 1. The third kappa shape index (κ3) is 4.14. The number of aromatic nitrogens is 2. The molecular weight excluding hydrogens is 512 g/mol. The predicted molar refractivity (Wildman–Crippen MR) is 132 cm³/mol. The summed E-state index contributed by atoms with van der Waals surface area (Å²) in [4.78, 5) is 8.89. The van der Waals surface area contributed by atoms with E-state index in [0.717, 1.165) is 10.0 Å². The molecule has 174 valence electrons. The Bertz CT molecular complexity index is 1290. The summed E-state index contributed by atoms with van der Waals surface area (Å²) in [6.45, 7) is 4.87. The first-order chi connectivity index (χ1) is 15.6. The Morgan fingerprint density at radius 3 is 2.70 bits per heavy atom. The molecule has 0 amide bonds. The Balaban J connectivity index is 1.79. The molecule has 0 fully saturated rings. The van der Waals surface area contributed by atoms with Crippen LogP contribution in [0.3, 0.4) is 0 Å². The lowest BCUT2D eigenvalue weighted by Gasteiger charge is -2.40. The van der Waals surface area contributed by atoms with Gasteiger partial charge in [-0.15, -0.1) is 0 Å². The third-order valence-electron chi connectivity index (χ3n) is 5.91. The van der Waals surface area contributed by atoms with Crippen molar-refractivity contribution in [1.29, 1.82) is 0 Å². The molecule has 0 radical (unpaired) electrons. The number of hydrogen-bond acceptors (Lipinski definition) is 6. The monoisotopic (exact) mass is 535 g/mol. The molecule has 6 nitrogen and oxygen atoms in total. The number of amidine groups is 1. The number of aliphatic imine (C=N–C) groups is 1. The highest BCUT2D eigenvalue weighted by Crippen LogP contribution is 2.39. The molecule has 1 aliphatic heterocycles. The van der Waals surface area contributed by atoms with E-state index in [1.54, 1.807) is 31.4 Å². The fourth-order valence-corrected chi connectivity index (χ4v) is 6.29. The summed E-state index contributed by atoms with van der Waals surface area (Å²) in [5.41, 5.74) is 7.61. The van der Waals surface area contributed by atoms with Crippen LogP contribution < -0.4 is 5.73 Å². The molecule has 1 aliphatic rings. The van der Waals surface area contributed by atoms with Gasteiger partial charge in [0.15, 0.2) is 5.76 Å². The van der Waals surface area contributed by atoms with Crippen molar-refractivity contribution in [3.8, 4) is 22.7 Å². The predicted octanol–water partition coefficient (Wildman–Crippen LogP) is 5.36. The van der Waals surface area contributed by atoms with E-state index < -0.39 is 33.5 Å². The Labute approximate surface area is 201 Å². The summed E-state index contributed by atoms with van der Waals surface area (Å²) in [5.74, 6) is 0.357. The van der Waals surface area contributed by atoms with Crippen LogP contribution in [-0.4, -0.2) is 40.2 Å². The molecule has 2 atom stereocenters. The van der Waals surface area contributed by atoms with E-state index in [4.69, 9.17) is 10.3 Å². The van der Waals surface area contributed by atoms with Crippen LogP contribution in [0.1, 0.15) is 25.0 Å². The molecule has 33 heavy (non-hydrogen) atoms. The van der Waals surface area contributed by atoms with Crippen molar-refractivity contribution in [3.05, 3.63) is 57.9 Å². The quantitative estimate of drug-likeness (QED) is 0.486. The summed E-state index contributed by atoms with van der Waals surface area (Å²) in [6, 6.07) is 8.09. The number of nitrogens with two attached hydrogens (primary N) is 1. The van der Waals surface area contributed by atoms with E-state index >= 15 is 4.39 Å². The van der Waals surface area contributed by atoms with Gasteiger partial charge in [0, 0.05) is 40.7 Å². The van der Waals surface area contributed by atoms with Crippen LogP contribution in [0.2, 0.25) is 0 Å². The fraction of sp³-hybridized carbons (Fsp3) is 0.348. The average Bonchev–Trinajstić information content (AvgIpc) is 3.26. The van der Waals surface area contributed by atoms with Gasteiger partial charge >= 0.3 is 0 Å². The summed E-state index contributed by atoms with van der Waals surface area (Å²) >= 11 is 3.40. The number of nitrogens with zero attached hydrogens (tertiary/aromatic N) is 4. The SMILES string of the molecule is C/N=S1/C[C@@](CF)(c2cc(-c3cc(-c4ncc(Br)cc4C)no3)ccc2F)N=C(N)C1(C)C. The molecule has 0 saturated heterocycles. The summed E-state index contributed by atoms with van der Waals surface area (Å²) in [7, 11) is 1.04. The Morgan fingerprint density at radius 1 is 1.27 bits per heavy atom.